The third-order valence-corrected chi connectivity index (χ3v) is 6.91. The van der Waals surface area contributed by atoms with Crippen molar-refractivity contribution in [2.24, 2.45) is 5.73 Å². The quantitative estimate of drug-likeness (QED) is 0.356. The molecule has 0 bridgehead atoms. The molecule has 2 heterocycles. The predicted octanol–water partition coefficient (Wildman–Crippen LogP) is 7.73. The lowest BCUT2D eigenvalue weighted by atomic mass is 9.85. The van der Waals surface area contributed by atoms with Crippen LogP contribution in [-0.4, -0.2) is 45.4 Å². The lowest BCUT2D eigenvalue weighted by molar-refractivity contribution is 0.229. The average Bonchev–Trinajstić information content (AvgIpc) is 3.41. The zero-order chi connectivity index (χ0) is 27.4. The van der Waals surface area contributed by atoms with Gasteiger partial charge in [0, 0.05) is 12.6 Å². The molecule has 5 rings (SSSR count). The maximum Gasteiger partial charge on any atom is 0.161 e. The van der Waals surface area contributed by atoms with Crippen molar-refractivity contribution < 1.29 is 14.2 Å². The molecule has 1 atom stereocenters. The fourth-order valence-corrected chi connectivity index (χ4v) is 5.20. The van der Waals surface area contributed by atoms with Gasteiger partial charge in [0.25, 0.3) is 0 Å². The first-order valence-corrected chi connectivity index (χ1v) is 14.2. The van der Waals surface area contributed by atoms with Crippen LogP contribution in [0.1, 0.15) is 77.8 Å². The Balaban J connectivity index is 0.000000420. The first-order valence-electron chi connectivity index (χ1n) is 14.2. The fraction of sp³-hybridized carbons (Fsp3) is 0.562. The van der Waals surface area contributed by atoms with Gasteiger partial charge in [-0.15, -0.1) is 0 Å². The highest BCUT2D eigenvalue weighted by Crippen LogP contribution is 2.44. The summed E-state index contributed by atoms with van der Waals surface area (Å²) in [6, 6.07) is 11.4. The monoisotopic (exact) mass is 510 g/mol. The number of nitrogens with zero attached hydrogens (tertiary/aromatic N) is 1. The van der Waals surface area contributed by atoms with Crippen molar-refractivity contribution in [3.63, 3.8) is 0 Å². The van der Waals surface area contributed by atoms with E-state index in [9.17, 15) is 0 Å². The van der Waals surface area contributed by atoms with E-state index >= 15 is 0 Å². The van der Waals surface area contributed by atoms with E-state index < -0.39 is 0 Å². The van der Waals surface area contributed by atoms with Gasteiger partial charge in [0.05, 0.1) is 21.3 Å². The molecule has 206 valence electrons. The number of ether oxygens (including phenoxy) is 3. The van der Waals surface area contributed by atoms with Crippen molar-refractivity contribution in [3.8, 4) is 17.2 Å². The summed E-state index contributed by atoms with van der Waals surface area (Å²) in [5.74, 6) is 2.44. The number of nitrogens with two attached hydrogens (primary N) is 1. The van der Waals surface area contributed by atoms with Gasteiger partial charge < -0.3 is 19.9 Å². The van der Waals surface area contributed by atoms with Crippen LogP contribution in [0.25, 0.3) is 21.5 Å². The molecule has 0 saturated carbocycles. The summed E-state index contributed by atoms with van der Waals surface area (Å²) in [5.41, 5.74) is 8.08. The summed E-state index contributed by atoms with van der Waals surface area (Å²) >= 11 is 0. The third kappa shape index (κ3) is 7.08. The fourth-order valence-electron chi connectivity index (χ4n) is 5.20. The summed E-state index contributed by atoms with van der Waals surface area (Å²) in [5, 5.41) is 5.05. The highest BCUT2D eigenvalue weighted by atomic mass is 16.5. The summed E-state index contributed by atoms with van der Waals surface area (Å²) < 4.78 is 16.7. The highest BCUT2D eigenvalue weighted by molar-refractivity contribution is 6.12. The van der Waals surface area contributed by atoms with Crippen LogP contribution >= 0.6 is 0 Å². The van der Waals surface area contributed by atoms with E-state index in [0.29, 0.717) is 6.04 Å². The number of hydrogen-bond acceptors (Lipinski definition) is 5. The number of rotatable bonds is 5. The molecule has 3 aromatic carbocycles. The van der Waals surface area contributed by atoms with Crippen molar-refractivity contribution in [2.75, 3.05) is 34.4 Å². The van der Waals surface area contributed by atoms with Gasteiger partial charge in [-0.1, -0.05) is 53.5 Å². The van der Waals surface area contributed by atoms with Gasteiger partial charge >= 0.3 is 0 Å². The number of fused-ring (bicyclic) bond motifs is 7. The third-order valence-electron chi connectivity index (χ3n) is 6.91. The highest BCUT2D eigenvalue weighted by Gasteiger charge is 2.32. The standard InChI is InChI=1S/C23H25NO3.C4H11N.C3H8.C2H6/c1-25-15-6-7-16-17-9-14-5-4-8-24(14)13-21(17)20-12-23(27-3)22(26-2)11-19(20)18(16)10-15;1-2-3-4-5;1-3-2;1-2/h6-7,10-12,14H,4-5,8-9,13H2,1-3H3;2-5H2,1H3;3H2,1-2H3;1-2H3. The van der Waals surface area contributed by atoms with Crippen molar-refractivity contribution >= 4 is 21.5 Å². The number of benzene rings is 3. The van der Waals surface area contributed by atoms with Crippen LogP contribution in [0.2, 0.25) is 0 Å². The molecule has 2 aliphatic rings. The zero-order valence-corrected chi connectivity index (χ0v) is 24.6. The van der Waals surface area contributed by atoms with Crippen molar-refractivity contribution in [1.82, 2.24) is 4.90 Å². The minimum Gasteiger partial charge on any atom is -0.497 e. The van der Waals surface area contributed by atoms with E-state index in [2.05, 4.69) is 56.0 Å². The van der Waals surface area contributed by atoms with Crippen LogP contribution in [0.4, 0.5) is 0 Å². The number of unbranched alkanes of at least 4 members (excludes halogenated alkanes) is 1. The molecular weight excluding hydrogens is 460 g/mol. The maximum atomic E-state index is 5.62. The largest absolute Gasteiger partial charge is 0.497 e. The molecule has 0 amide bonds. The Hall–Kier alpha value is -2.50. The molecular formula is C32H50N2O3. The van der Waals surface area contributed by atoms with Gasteiger partial charge in [0.15, 0.2) is 11.5 Å². The van der Waals surface area contributed by atoms with E-state index in [0.717, 1.165) is 36.8 Å². The van der Waals surface area contributed by atoms with Gasteiger partial charge in [-0.3, -0.25) is 4.90 Å². The molecule has 1 unspecified atom stereocenters. The Kier molecular flexibility index (Phi) is 13.0. The molecule has 1 saturated heterocycles. The molecule has 2 aliphatic heterocycles. The van der Waals surface area contributed by atoms with Crippen LogP contribution in [0.5, 0.6) is 17.2 Å². The molecule has 37 heavy (non-hydrogen) atoms. The Morgan fingerprint density at radius 1 is 0.838 bits per heavy atom. The molecule has 5 nitrogen and oxygen atoms in total. The second-order valence-corrected chi connectivity index (χ2v) is 9.44. The van der Waals surface area contributed by atoms with Crippen LogP contribution < -0.4 is 19.9 Å². The van der Waals surface area contributed by atoms with Crippen molar-refractivity contribution in [2.45, 2.75) is 85.7 Å². The summed E-state index contributed by atoms with van der Waals surface area (Å²) in [4.78, 5) is 2.65. The van der Waals surface area contributed by atoms with Crippen LogP contribution in [0.15, 0.2) is 30.3 Å². The Labute approximate surface area is 225 Å². The lowest BCUT2D eigenvalue weighted by Gasteiger charge is -2.33. The van der Waals surface area contributed by atoms with Crippen LogP contribution in [0.3, 0.4) is 0 Å². The molecule has 0 aromatic heterocycles. The van der Waals surface area contributed by atoms with E-state index in [1.807, 2.05) is 13.8 Å². The minimum atomic E-state index is 0.681. The van der Waals surface area contributed by atoms with E-state index in [4.69, 9.17) is 19.9 Å². The van der Waals surface area contributed by atoms with Gasteiger partial charge in [-0.2, -0.15) is 0 Å². The van der Waals surface area contributed by atoms with E-state index in [1.54, 1.807) is 21.3 Å². The first-order chi connectivity index (χ1) is 18.1. The van der Waals surface area contributed by atoms with E-state index in [-0.39, 0.29) is 0 Å². The number of methoxy groups -OCH3 is 3. The Bertz CT molecular complexity index is 1110. The van der Waals surface area contributed by atoms with Gasteiger partial charge in [0.1, 0.15) is 5.75 Å². The smallest absolute Gasteiger partial charge is 0.161 e. The van der Waals surface area contributed by atoms with Crippen molar-refractivity contribution in [1.29, 1.82) is 0 Å². The molecule has 0 aliphatic carbocycles. The molecule has 5 heteroatoms. The van der Waals surface area contributed by atoms with Crippen molar-refractivity contribution in [3.05, 3.63) is 41.5 Å². The van der Waals surface area contributed by atoms with Gasteiger partial charge in [0.2, 0.25) is 0 Å². The number of hydrogen-bond donors (Lipinski definition) is 1. The second kappa shape index (κ2) is 15.7. The SMILES string of the molecule is CC.CCC.CCCCN.COc1ccc2c3c(c4cc(OC)c(OC)cc4c2c1)CN1CCCC1C3. The topological polar surface area (TPSA) is 57.0 Å². The zero-order valence-electron chi connectivity index (χ0n) is 24.6. The summed E-state index contributed by atoms with van der Waals surface area (Å²) in [7, 11) is 5.12. The molecule has 0 spiro atoms. The van der Waals surface area contributed by atoms with Gasteiger partial charge in [-0.25, -0.2) is 0 Å². The van der Waals surface area contributed by atoms with Crippen LogP contribution in [-0.2, 0) is 13.0 Å². The lowest BCUT2D eigenvalue weighted by Crippen LogP contribution is -2.35. The molecule has 1 fully saturated rings. The van der Waals surface area contributed by atoms with Crippen LogP contribution in [0, 0.1) is 0 Å². The molecule has 3 aromatic rings. The average molecular weight is 511 g/mol. The normalized spacial score (nSPS) is 15.8. The summed E-state index contributed by atoms with van der Waals surface area (Å²) in [6.45, 7) is 13.5. The minimum absolute atomic E-state index is 0.681. The summed E-state index contributed by atoms with van der Waals surface area (Å²) in [6.07, 6.45) is 7.37. The predicted molar refractivity (Wildman–Crippen MR) is 160 cm³/mol. The first kappa shape index (κ1) is 30.7. The Morgan fingerprint density at radius 2 is 1.46 bits per heavy atom. The van der Waals surface area contributed by atoms with E-state index in [1.165, 1.54) is 71.3 Å². The molecule has 2 N–H and O–H groups in total. The maximum absolute atomic E-state index is 5.62. The Morgan fingerprint density at radius 3 is 2.00 bits per heavy atom. The molecule has 0 radical (unpaired) electrons. The second-order valence-electron chi connectivity index (χ2n) is 9.44. The van der Waals surface area contributed by atoms with Gasteiger partial charge in [-0.05, 0) is 95.7 Å².